The number of carbonyl (C=O) groups is 2. The molecule has 1 N–H and O–H groups in total. The molecule has 0 saturated heterocycles. The van der Waals surface area contributed by atoms with E-state index in [9.17, 15) is 9.59 Å². The molecular weight excluding hydrogens is 370 g/mol. The number of esters is 1. The highest BCUT2D eigenvalue weighted by molar-refractivity contribution is 6.11. The Kier molecular flexibility index (Phi) is 6.22. The van der Waals surface area contributed by atoms with E-state index >= 15 is 0 Å². The fraction of sp³-hybridized carbons (Fsp3) is 0.304. The van der Waals surface area contributed by atoms with Crippen molar-refractivity contribution in [2.24, 2.45) is 0 Å². The van der Waals surface area contributed by atoms with Crippen molar-refractivity contribution in [2.45, 2.75) is 33.8 Å². The fourth-order valence-electron chi connectivity index (χ4n) is 3.26. The summed E-state index contributed by atoms with van der Waals surface area (Å²) in [5.41, 5.74) is 2.47. The number of aryl methyl sites for hydroxylation is 1. The molecular formula is C23H25NO5. The zero-order valence-electron chi connectivity index (χ0n) is 17.1. The number of ether oxygens (including phenoxy) is 3. The molecule has 1 atom stereocenters. The molecule has 0 aliphatic carbocycles. The second-order valence-corrected chi connectivity index (χ2v) is 6.61. The quantitative estimate of drug-likeness (QED) is 0.442. The summed E-state index contributed by atoms with van der Waals surface area (Å²) in [6, 6.07) is 12.4. The maximum Gasteiger partial charge on any atom is 0.338 e. The van der Waals surface area contributed by atoms with Crippen LogP contribution >= 0.6 is 0 Å². The molecule has 0 unspecified atom stereocenters. The molecule has 3 aromatic rings. The van der Waals surface area contributed by atoms with Crippen LogP contribution in [0.15, 0.2) is 42.5 Å². The van der Waals surface area contributed by atoms with Crippen LogP contribution in [0.2, 0.25) is 0 Å². The van der Waals surface area contributed by atoms with Crippen molar-refractivity contribution in [3.8, 4) is 11.5 Å². The van der Waals surface area contributed by atoms with E-state index in [1.54, 1.807) is 25.1 Å². The molecule has 1 heterocycles. The number of nitrogens with one attached hydrogen (secondary N) is 1. The van der Waals surface area contributed by atoms with Crippen molar-refractivity contribution >= 4 is 22.7 Å². The molecule has 0 amide bonds. The lowest BCUT2D eigenvalue weighted by atomic mass is 10.0. The van der Waals surface area contributed by atoms with Gasteiger partial charge in [0.1, 0.15) is 0 Å². The summed E-state index contributed by atoms with van der Waals surface area (Å²) in [4.78, 5) is 28.8. The van der Waals surface area contributed by atoms with E-state index in [-0.39, 0.29) is 5.78 Å². The van der Waals surface area contributed by atoms with Crippen molar-refractivity contribution in [1.82, 2.24) is 4.98 Å². The van der Waals surface area contributed by atoms with Crippen LogP contribution in [0, 0.1) is 6.92 Å². The predicted octanol–water partition coefficient (Wildman–Crippen LogP) is 4.70. The number of aromatic amines is 1. The third kappa shape index (κ3) is 4.26. The zero-order chi connectivity index (χ0) is 21.0. The van der Waals surface area contributed by atoms with Crippen molar-refractivity contribution < 1.29 is 23.8 Å². The fourth-order valence-corrected chi connectivity index (χ4v) is 3.26. The van der Waals surface area contributed by atoms with Crippen LogP contribution in [0.25, 0.3) is 10.9 Å². The van der Waals surface area contributed by atoms with E-state index in [1.807, 2.05) is 45.0 Å². The first kappa shape index (κ1) is 20.5. The standard InChI is InChI=1S/C23H25NO5/c1-5-27-19-12-11-16(13-20(19)28-6-2)23(26)29-15(4)22(25)21-14(3)24-18-10-8-7-9-17(18)21/h7-13,15,24H,5-6H2,1-4H3/t15-/m0/s1. The molecule has 2 aromatic carbocycles. The number of fused-ring (bicyclic) bond motifs is 1. The van der Waals surface area contributed by atoms with E-state index in [2.05, 4.69) is 4.98 Å². The first-order valence-electron chi connectivity index (χ1n) is 9.68. The number of H-pyrrole nitrogens is 1. The summed E-state index contributed by atoms with van der Waals surface area (Å²) >= 11 is 0. The molecule has 0 saturated carbocycles. The highest BCUT2D eigenvalue weighted by Gasteiger charge is 2.25. The van der Waals surface area contributed by atoms with Crippen LogP contribution < -0.4 is 9.47 Å². The van der Waals surface area contributed by atoms with Crippen LogP contribution in [0.1, 0.15) is 47.2 Å². The lowest BCUT2D eigenvalue weighted by Crippen LogP contribution is -2.25. The van der Waals surface area contributed by atoms with Crippen LogP contribution in [0.5, 0.6) is 11.5 Å². The molecule has 6 nitrogen and oxygen atoms in total. The molecule has 152 valence electrons. The van der Waals surface area contributed by atoms with Crippen molar-refractivity contribution in [3.63, 3.8) is 0 Å². The summed E-state index contributed by atoms with van der Waals surface area (Å²) < 4.78 is 16.5. The van der Waals surface area contributed by atoms with Gasteiger partial charge in [-0.05, 0) is 52.0 Å². The molecule has 0 radical (unpaired) electrons. The molecule has 3 rings (SSSR count). The molecule has 0 aliphatic heterocycles. The Morgan fingerprint density at radius 3 is 2.41 bits per heavy atom. The lowest BCUT2D eigenvalue weighted by molar-refractivity contribution is 0.0318. The van der Waals surface area contributed by atoms with Gasteiger partial charge in [0.05, 0.1) is 18.8 Å². The van der Waals surface area contributed by atoms with Gasteiger partial charge in [-0.1, -0.05) is 18.2 Å². The van der Waals surface area contributed by atoms with Crippen molar-refractivity contribution in [2.75, 3.05) is 13.2 Å². The topological polar surface area (TPSA) is 77.6 Å². The van der Waals surface area contributed by atoms with Gasteiger partial charge in [-0.25, -0.2) is 4.79 Å². The number of rotatable bonds is 8. The number of carbonyl (C=O) groups excluding carboxylic acids is 2. The average molecular weight is 395 g/mol. The number of hydrogen-bond acceptors (Lipinski definition) is 5. The Morgan fingerprint density at radius 2 is 1.69 bits per heavy atom. The van der Waals surface area contributed by atoms with Crippen molar-refractivity contribution in [1.29, 1.82) is 0 Å². The highest BCUT2D eigenvalue weighted by atomic mass is 16.5. The van der Waals surface area contributed by atoms with E-state index in [4.69, 9.17) is 14.2 Å². The molecule has 6 heteroatoms. The van der Waals surface area contributed by atoms with E-state index < -0.39 is 12.1 Å². The Balaban J connectivity index is 1.80. The summed E-state index contributed by atoms with van der Waals surface area (Å²) in [6.07, 6.45) is -0.928. The maximum atomic E-state index is 13.0. The largest absolute Gasteiger partial charge is 0.490 e. The van der Waals surface area contributed by atoms with Gasteiger partial charge in [0, 0.05) is 22.2 Å². The third-order valence-corrected chi connectivity index (χ3v) is 4.57. The molecule has 1 aromatic heterocycles. The number of aromatic nitrogens is 1. The first-order chi connectivity index (χ1) is 14.0. The van der Waals surface area contributed by atoms with Crippen LogP contribution in [0.4, 0.5) is 0 Å². The minimum absolute atomic E-state index is 0.246. The van der Waals surface area contributed by atoms with E-state index in [0.29, 0.717) is 35.8 Å². The monoisotopic (exact) mass is 395 g/mol. The van der Waals surface area contributed by atoms with Gasteiger partial charge in [0.15, 0.2) is 17.6 Å². The molecule has 0 fully saturated rings. The highest BCUT2D eigenvalue weighted by Crippen LogP contribution is 2.29. The van der Waals surface area contributed by atoms with Gasteiger partial charge in [0.2, 0.25) is 5.78 Å². The number of para-hydroxylation sites is 1. The smallest absolute Gasteiger partial charge is 0.338 e. The van der Waals surface area contributed by atoms with Crippen LogP contribution in [-0.4, -0.2) is 36.1 Å². The van der Waals surface area contributed by atoms with Gasteiger partial charge in [-0.2, -0.15) is 0 Å². The normalized spacial score (nSPS) is 11.9. The van der Waals surface area contributed by atoms with Gasteiger partial charge in [0.25, 0.3) is 0 Å². The van der Waals surface area contributed by atoms with Gasteiger partial charge >= 0.3 is 5.97 Å². The maximum absolute atomic E-state index is 13.0. The predicted molar refractivity (Wildman–Crippen MR) is 111 cm³/mol. The minimum atomic E-state index is -0.928. The second kappa shape index (κ2) is 8.82. The summed E-state index contributed by atoms with van der Waals surface area (Å²) in [5, 5.41) is 0.817. The second-order valence-electron chi connectivity index (χ2n) is 6.61. The number of Topliss-reactive ketones (excluding diaryl/α,β-unsaturated/α-hetero) is 1. The van der Waals surface area contributed by atoms with E-state index in [1.165, 1.54) is 0 Å². The SMILES string of the molecule is CCOc1ccc(C(=O)O[C@@H](C)C(=O)c2c(C)[nH]c3ccccc23)cc1OCC. The number of ketones is 1. The Bertz CT molecular complexity index is 1040. The van der Waals surface area contributed by atoms with Gasteiger partial charge in [-0.3, -0.25) is 4.79 Å². The van der Waals surface area contributed by atoms with E-state index in [0.717, 1.165) is 16.6 Å². The molecule has 0 aliphatic rings. The third-order valence-electron chi connectivity index (χ3n) is 4.57. The summed E-state index contributed by atoms with van der Waals surface area (Å²) in [7, 11) is 0. The Labute approximate surface area is 169 Å². The Hall–Kier alpha value is -3.28. The van der Waals surface area contributed by atoms with Gasteiger partial charge < -0.3 is 19.2 Å². The van der Waals surface area contributed by atoms with Gasteiger partial charge in [-0.15, -0.1) is 0 Å². The number of hydrogen-bond donors (Lipinski definition) is 1. The number of benzene rings is 2. The summed E-state index contributed by atoms with van der Waals surface area (Å²) in [5.74, 6) is 0.191. The minimum Gasteiger partial charge on any atom is -0.490 e. The first-order valence-corrected chi connectivity index (χ1v) is 9.68. The summed E-state index contributed by atoms with van der Waals surface area (Å²) in [6.45, 7) is 8.07. The average Bonchev–Trinajstić information content (AvgIpc) is 3.04. The Morgan fingerprint density at radius 1 is 1.00 bits per heavy atom. The zero-order valence-corrected chi connectivity index (χ0v) is 17.1. The molecule has 0 bridgehead atoms. The van der Waals surface area contributed by atoms with Crippen LogP contribution in [0.3, 0.4) is 0 Å². The molecule has 29 heavy (non-hydrogen) atoms. The lowest BCUT2D eigenvalue weighted by Gasteiger charge is -2.15. The van der Waals surface area contributed by atoms with Crippen molar-refractivity contribution in [3.05, 3.63) is 59.3 Å². The molecule has 0 spiro atoms. The van der Waals surface area contributed by atoms with Crippen LogP contribution in [-0.2, 0) is 4.74 Å².